The zero-order valence-electron chi connectivity index (χ0n) is 14.1. The van der Waals surface area contributed by atoms with Gasteiger partial charge in [0.15, 0.2) is 6.10 Å². The smallest absolute Gasteiger partial charge is 0.334 e. The fourth-order valence-electron chi connectivity index (χ4n) is 3.46. The highest BCUT2D eigenvalue weighted by Gasteiger charge is 2.23. The number of nitrogens with one attached hydrogen (secondary N) is 1. The highest BCUT2D eigenvalue weighted by atomic mass is 16.5. The summed E-state index contributed by atoms with van der Waals surface area (Å²) >= 11 is 0. The predicted molar refractivity (Wildman–Crippen MR) is 86.8 cm³/mol. The van der Waals surface area contributed by atoms with Crippen molar-refractivity contribution < 1.29 is 19.4 Å². The number of rotatable bonds is 6. The number of aromatic nitrogens is 1. The summed E-state index contributed by atoms with van der Waals surface area (Å²) < 4.78 is 7.10. The van der Waals surface area contributed by atoms with Crippen molar-refractivity contribution in [3.8, 4) is 0 Å². The maximum atomic E-state index is 12.4. The molecule has 1 aromatic heterocycles. The second-order valence-corrected chi connectivity index (χ2v) is 6.22. The van der Waals surface area contributed by atoms with Crippen LogP contribution in [0.2, 0.25) is 0 Å². The Morgan fingerprint density at radius 3 is 2.57 bits per heavy atom. The molecule has 1 heterocycles. The molecule has 0 radical (unpaired) electrons. The van der Waals surface area contributed by atoms with E-state index in [-0.39, 0.29) is 12.5 Å². The van der Waals surface area contributed by atoms with E-state index >= 15 is 0 Å². The first-order valence-electron chi connectivity index (χ1n) is 8.18. The van der Waals surface area contributed by atoms with E-state index in [1.165, 1.54) is 26.4 Å². The number of ether oxygens (including phenoxy) is 1. The fraction of sp³-hybridized carbons (Fsp3) is 0.647. The highest BCUT2D eigenvalue weighted by molar-refractivity contribution is 5.96. The lowest BCUT2D eigenvalue weighted by molar-refractivity contribution is -0.148. The van der Waals surface area contributed by atoms with Gasteiger partial charge in [-0.05, 0) is 32.8 Å². The minimum Gasteiger partial charge on any atom is -0.479 e. The number of amides is 1. The molecular weight excluding hydrogens is 296 g/mol. The number of carboxylic acid groups (broad SMARTS) is 1. The number of hydrogen-bond acceptors (Lipinski definition) is 3. The number of methoxy groups -OCH3 is 1. The molecule has 1 saturated carbocycles. The van der Waals surface area contributed by atoms with Gasteiger partial charge >= 0.3 is 5.97 Å². The van der Waals surface area contributed by atoms with Crippen molar-refractivity contribution in [3.63, 3.8) is 0 Å². The van der Waals surface area contributed by atoms with Crippen molar-refractivity contribution in [2.75, 3.05) is 13.7 Å². The molecule has 1 fully saturated rings. The summed E-state index contributed by atoms with van der Waals surface area (Å²) in [5.74, 6) is -1.33. The molecule has 0 aliphatic heterocycles. The minimum atomic E-state index is -1.08. The number of carboxylic acids is 1. The van der Waals surface area contributed by atoms with Crippen LogP contribution >= 0.6 is 0 Å². The standard InChI is InChI=1S/C17H26N2O4/c1-11-9-14(16(20)18-10-15(23-3)17(21)22)12(2)19(11)13-7-5-4-6-8-13/h9,13,15H,4-8,10H2,1-3H3,(H,18,20)(H,21,22). The first-order chi connectivity index (χ1) is 11.0. The van der Waals surface area contributed by atoms with Crippen LogP contribution in [-0.2, 0) is 9.53 Å². The quantitative estimate of drug-likeness (QED) is 0.843. The topological polar surface area (TPSA) is 80.6 Å². The first kappa shape index (κ1) is 17.5. The molecule has 6 heteroatoms. The molecule has 1 atom stereocenters. The molecule has 0 spiro atoms. The van der Waals surface area contributed by atoms with Crippen LogP contribution in [0.1, 0.15) is 59.9 Å². The Morgan fingerprint density at radius 1 is 1.35 bits per heavy atom. The maximum absolute atomic E-state index is 12.4. The SMILES string of the molecule is COC(CNC(=O)c1cc(C)n(C2CCCCC2)c1C)C(=O)O. The van der Waals surface area contributed by atoms with Crippen LogP contribution in [0, 0.1) is 13.8 Å². The molecule has 1 unspecified atom stereocenters. The lowest BCUT2D eigenvalue weighted by Gasteiger charge is -2.26. The van der Waals surface area contributed by atoms with Gasteiger partial charge in [0.05, 0.1) is 12.1 Å². The van der Waals surface area contributed by atoms with E-state index < -0.39 is 12.1 Å². The van der Waals surface area contributed by atoms with Crippen LogP contribution in [0.4, 0.5) is 0 Å². The van der Waals surface area contributed by atoms with Crippen LogP contribution in [0.3, 0.4) is 0 Å². The Morgan fingerprint density at radius 2 is 2.00 bits per heavy atom. The number of carbonyl (C=O) groups excluding carboxylic acids is 1. The molecule has 128 valence electrons. The van der Waals surface area contributed by atoms with E-state index in [9.17, 15) is 9.59 Å². The summed E-state index contributed by atoms with van der Waals surface area (Å²) in [7, 11) is 1.32. The van der Waals surface area contributed by atoms with E-state index in [1.807, 2.05) is 19.9 Å². The third kappa shape index (κ3) is 3.93. The molecule has 1 aromatic rings. The molecule has 6 nitrogen and oxygen atoms in total. The average molecular weight is 322 g/mol. The molecular formula is C17H26N2O4. The third-order valence-corrected chi connectivity index (χ3v) is 4.68. The Labute approximate surface area is 136 Å². The van der Waals surface area contributed by atoms with E-state index in [0.29, 0.717) is 11.6 Å². The van der Waals surface area contributed by atoms with Crippen LogP contribution in [0.5, 0.6) is 0 Å². The summed E-state index contributed by atoms with van der Waals surface area (Å²) in [5, 5.41) is 11.6. The van der Waals surface area contributed by atoms with Gasteiger partial charge < -0.3 is 19.7 Å². The predicted octanol–water partition coefficient (Wildman–Crippen LogP) is 2.44. The van der Waals surface area contributed by atoms with Gasteiger partial charge in [-0.2, -0.15) is 0 Å². The number of nitrogens with zero attached hydrogens (tertiary/aromatic N) is 1. The Balaban J connectivity index is 2.10. The van der Waals surface area contributed by atoms with Crippen molar-refractivity contribution in [3.05, 3.63) is 23.0 Å². The van der Waals surface area contributed by atoms with Crippen LogP contribution < -0.4 is 5.32 Å². The van der Waals surface area contributed by atoms with Gasteiger partial charge in [-0.3, -0.25) is 4.79 Å². The second kappa shape index (κ2) is 7.64. The monoisotopic (exact) mass is 322 g/mol. The van der Waals surface area contributed by atoms with Gasteiger partial charge in [0, 0.05) is 24.5 Å². The van der Waals surface area contributed by atoms with Gasteiger partial charge in [0.1, 0.15) is 0 Å². The molecule has 0 aromatic carbocycles. The van der Waals surface area contributed by atoms with Gasteiger partial charge in [0.2, 0.25) is 0 Å². The molecule has 1 amide bonds. The molecule has 2 N–H and O–H groups in total. The van der Waals surface area contributed by atoms with Crippen molar-refractivity contribution in [1.82, 2.24) is 9.88 Å². The largest absolute Gasteiger partial charge is 0.479 e. The van der Waals surface area contributed by atoms with Crippen molar-refractivity contribution in [1.29, 1.82) is 0 Å². The van der Waals surface area contributed by atoms with Crippen LogP contribution in [0.15, 0.2) is 6.07 Å². The highest BCUT2D eigenvalue weighted by Crippen LogP contribution is 2.32. The Hall–Kier alpha value is -1.82. The van der Waals surface area contributed by atoms with E-state index in [0.717, 1.165) is 24.2 Å². The normalized spacial score (nSPS) is 17.0. The zero-order valence-corrected chi connectivity index (χ0v) is 14.1. The lowest BCUT2D eigenvalue weighted by atomic mass is 9.95. The van der Waals surface area contributed by atoms with Crippen molar-refractivity contribution >= 4 is 11.9 Å². The summed E-state index contributed by atoms with van der Waals surface area (Å²) in [5.41, 5.74) is 2.66. The van der Waals surface area contributed by atoms with Crippen LogP contribution in [-0.4, -0.2) is 41.3 Å². The molecule has 0 bridgehead atoms. The van der Waals surface area contributed by atoms with Crippen molar-refractivity contribution in [2.45, 2.75) is 58.1 Å². The van der Waals surface area contributed by atoms with E-state index in [1.54, 1.807) is 0 Å². The number of aryl methyl sites for hydroxylation is 1. The fourth-order valence-corrected chi connectivity index (χ4v) is 3.46. The number of hydrogen-bond donors (Lipinski definition) is 2. The lowest BCUT2D eigenvalue weighted by Crippen LogP contribution is -2.38. The summed E-state index contributed by atoms with van der Waals surface area (Å²) in [6.45, 7) is 3.94. The number of aliphatic carboxylic acids is 1. The Kier molecular flexibility index (Phi) is 5.82. The van der Waals surface area contributed by atoms with Gasteiger partial charge in [0.25, 0.3) is 5.91 Å². The van der Waals surface area contributed by atoms with Gasteiger partial charge in [-0.15, -0.1) is 0 Å². The van der Waals surface area contributed by atoms with E-state index in [2.05, 4.69) is 9.88 Å². The molecule has 2 rings (SSSR count). The number of carbonyl (C=O) groups is 2. The molecule has 1 aliphatic carbocycles. The first-order valence-corrected chi connectivity index (χ1v) is 8.18. The summed E-state index contributed by atoms with van der Waals surface area (Å²) in [6, 6.07) is 2.36. The summed E-state index contributed by atoms with van der Waals surface area (Å²) in [6.07, 6.45) is 5.04. The van der Waals surface area contributed by atoms with E-state index in [4.69, 9.17) is 9.84 Å². The third-order valence-electron chi connectivity index (χ3n) is 4.68. The average Bonchev–Trinajstić information content (AvgIpc) is 2.83. The summed E-state index contributed by atoms with van der Waals surface area (Å²) in [4.78, 5) is 23.3. The maximum Gasteiger partial charge on any atom is 0.334 e. The molecule has 0 saturated heterocycles. The second-order valence-electron chi connectivity index (χ2n) is 6.22. The molecule has 23 heavy (non-hydrogen) atoms. The minimum absolute atomic E-state index is 0.0439. The van der Waals surface area contributed by atoms with Crippen LogP contribution in [0.25, 0.3) is 0 Å². The zero-order chi connectivity index (χ0) is 17.0. The van der Waals surface area contributed by atoms with Gasteiger partial charge in [-0.25, -0.2) is 4.79 Å². The Bertz CT molecular complexity index is 573. The van der Waals surface area contributed by atoms with Crippen molar-refractivity contribution in [2.24, 2.45) is 0 Å². The molecule has 1 aliphatic rings. The van der Waals surface area contributed by atoms with Gasteiger partial charge in [-0.1, -0.05) is 19.3 Å².